The van der Waals surface area contributed by atoms with Crippen LogP contribution in [0.3, 0.4) is 0 Å². The standard InChI is InChI=1S/C16H17FN6O4/c1-9(27-11(7-24)13(17)25)23-15-12(21-22-23)14(18-8-19-15)20-16(26)10-5-3-2-4-6-10/h2-6,8-9,11,13,24-25H,7H2,1H3,(H,18,19,20,26)/t9-,11+,13+/m0/s1. The molecule has 0 radical (unpaired) electrons. The first kappa shape index (κ1) is 18.8. The third-order valence-corrected chi connectivity index (χ3v) is 3.73. The highest BCUT2D eigenvalue weighted by atomic mass is 19.1. The molecule has 142 valence electrons. The molecule has 0 bridgehead atoms. The first-order valence-corrected chi connectivity index (χ1v) is 8.02. The smallest absolute Gasteiger partial charge is 0.256 e. The molecule has 11 heteroatoms. The molecule has 2 aromatic heterocycles. The number of aliphatic hydroxyl groups is 2. The lowest BCUT2D eigenvalue weighted by Gasteiger charge is -2.20. The van der Waals surface area contributed by atoms with Crippen molar-refractivity contribution in [1.29, 1.82) is 0 Å². The highest BCUT2D eigenvalue weighted by Gasteiger charge is 2.24. The summed E-state index contributed by atoms with van der Waals surface area (Å²) >= 11 is 0. The fraction of sp³-hybridized carbons (Fsp3) is 0.312. The molecule has 3 N–H and O–H groups in total. The van der Waals surface area contributed by atoms with Crippen LogP contribution in [0.1, 0.15) is 23.5 Å². The SMILES string of the molecule is C[C@H](O[C@H](CO)[C@@H](O)F)n1nnc2c(NC(=O)c3ccccc3)ncnc21. The molecule has 0 aliphatic carbocycles. The second kappa shape index (κ2) is 8.12. The summed E-state index contributed by atoms with van der Waals surface area (Å²) in [6.07, 6.45) is -3.49. The number of nitrogens with one attached hydrogen (secondary N) is 1. The van der Waals surface area contributed by atoms with Gasteiger partial charge in [-0.05, 0) is 19.1 Å². The van der Waals surface area contributed by atoms with Gasteiger partial charge in [-0.15, -0.1) is 5.10 Å². The third kappa shape index (κ3) is 4.05. The first-order chi connectivity index (χ1) is 13.0. The Morgan fingerprint density at radius 3 is 2.74 bits per heavy atom. The molecule has 0 unspecified atom stereocenters. The number of hydrogen-bond donors (Lipinski definition) is 3. The maximum atomic E-state index is 13.0. The average molecular weight is 376 g/mol. The Morgan fingerprint density at radius 1 is 1.33 bits per heavy atom. The summed E-state index contributed by atoms with van der Waals surface area (Å²) in [7, 11) is 0. The van der Waals surface area contributed by atoms with Gasteiger partial charge in [-0.1, -0.05) is 23.4 Å². The summed E-state index contributed by atoms with van der Waals surface area (Å²) in [4.78, 5) is 20.4. The molecule has 3 aromatic rings. The van der Waals surface area contributed by atoms with E-state index in [9.17, 15) is 9.18 Å². The van der Waals surface area contributed by atoms with E-state index in [1.54, 1.807) is 30.3 Å². The van der Waals surface area contributed by atoms with E-state index in [1.807, 2.05) is 0 Å². The van der Waals surface area contributed by atoms with E-state index in [0.29, 0.717) is 5.56 Å². The second-order valence-corrected chi connectivity index (χ2v) is 5.58. The van der Waals surface area contributed by atoms with Gasteiger partial charge in [0.25, 0.3) is 5.91 Å². The number of halogens is 1. The Morgan fingerprint density at radius 2 is 2.07 bits per heavy atom. The molecule has 0 aliphatic heterocycles. The summed E-state index contributed by atoms with van der Waals surface area (Å²) in [5.74, 6) is -0.230. The minimum Gasteiger partial charge on any atom is -0.393 e. The van der Waals surface area contributed by atoms with E-state index in [4.69, 9.17) is 14.9 Å². The molecule has 3 rings (SSSR count). The highest BCUT2D eigenvalue weighted by Crippen LogP contribution is 2.21. The number of fused-ring (bicyclic) bond motifs is 1. The number of alkyl halides is 1. The normalized spacial score (nSPS) is 14.7. The van der Waals surface area contributed by atoms with Gasteiger partial charge < -0.3 is 20.3 Å². The Kier molecular flexibility index (Phi) is 5.64. The van der Waals surface area contributed by atoms with E-state index in [-0.39, 0.29) is 22.9 Å². The van der Waals surface area contributed by atoms with Crippen LogP contribution in [0.5, 0.6) is 0 Å². The first-order valence-electron chi connectivity index (χ1n) is 8.02. The van der Waals surface area contributed by atoms with Gasteiger partial charge in [0.15, 0.2) is 23.2 Å². The maximum Gasteiger partial charge on any atom is 0.256 e. The van der Waals surface area contributed by atoms with E-state index >= 15 is 0 Å². The lowest BCUT2D eigenvalue weighted by molar-refractivity contribution is -0.157. The predicted octanol–water partition coefficient (Wildman–Crippen LogP) is 0.657. The Hall–Kier alpha value is -3.02. The molecular formula is C16H17FN6O4. The molecule has 1 amide bonds. The van der Waals surface area contributed by atoms with Crippen molar-refractivity contribution in [3.05, 3.63) is 42.2 Å². The van der Waals surface area contributed by atoms with Crippen LogP contribution in [0.15, 0.2) is 36.7 Å². The summed E-state index contributed by atoms with van der Waals surface area (Å²) in [6, 6.07) is 8.56. The van der Waals surface area contributed by atoms with Crippen LogP contribution in [0, 0.1) is 0 Å². The molecule has 0 fully saturated rings. The molecule has 3 atom stereocenters. The van der Waals surface area contributed by atoms with Gasteiger partial charge in [-0.3, -0.25) is 4.79 Å². The number of aliphatic hydroxyl groups excluding tert-OH is 2. The van der Waals surface area contributed by atoms with Gasteiger partial charge in [0, 0.05) is 5.56 Å². The van der Waals surface area contributed by atoms with Gasteiger partial charge >= 0.3 is 0 Å². The summed E-state index contributed by atoms with van der Waals surface area (Å²) in [5.41, 5.74) is 0.876. The number of carbonyl (C=O) groups excluding carboxylic acids is 1. The molecule has 0 saturated heterocycles. The number of amides is 1. The Balaban J connectivity index is 1.85. The van der Waals surface area contributed by atoms with E-state index < -0.39 is 25.3 Å². The predicted molar refractivity (Wildman–Crippen MR) is 91.3 cm³/mol. The van der Waals surface area contributed by atoms with Gasteiger partial charge in [0.1, 0.15) is 12.4 Å². The quantitative estimate of drug-likeness (QED) is 0.547. The number of benzene rings is 1. The van der Waals surface area contributed by atoms with Crippen LogP contribution < -0.4 is 5.32 Å². The van der Waals surface area contributed by atoms with Crippen molar-refractivity contribution in [1.82, 2.24) is 25.0 Å². The average Bonchev–Trinajstić information content (AvgIpc) is 3.11. The van der Waals surface area contributed by atoms with E-state index in [1.165, 1.54) is 17.9 Å². The van der Waals surface area contributed by atoms with Gasteiger partial charge in [-0.25, -0.2) is 14.4 Å². The molecule has 0 spiro atoms. The van der Waals surface area contributed by atoms with Crippen LogP contribution >= 0.6 is 0 Å². The Bertz CT molecular complexity index is 920. The molecule has 27 heavy (non-hydrogen) atoms. The zero-order valence-corrected chi connectivity index (χ0v) is 14.2. The van der Waals surface area contributed by atoms with Crippen molar-refractivity contribution in [3.8, 4) is 0 Å². The van der Waals surface area contributed by atoms with Crippen LogP contribution in [0.25, 0.3) is 11.2 Å². The number of aromatic nitrogens is 5. The molecule has 0 saturated carbocycles. The zero-order chi connectivity index (χ0) is 19.4. The highest BCUT2D eigenvalue weighted by molar-refractivity contribution is 6.06. The third-order valence-electron chi connectivity index (χ3n) is 3.73. The summed E-state index contributed by atoms with van der Waals surface area (Å²) in [6.45, 7) is 0.797. The number of ether oxygens (including phenoxy) is 1. The molecule has 2 heterocycles. The molecule has 1 aromatic carbocycles. The largest absolute Gasteiger partial charge is 0.393 e. The monoisotopic (exact) mass is 376 g/mol. The van der Waals surface area contributed by atoms with Crippen molar-refractivity contribution in [3.63, 3.8) is 0 Å². The van der Waals surface area contributed by atoms with Gasteiger partial charge in [0.05, 0.1) is 6.61 Å². The summed E-state index contributed by atoms with van der Waals surface area (Å²) < 4.78 is 19.5. The van der Waals surface area contributed by atoms with Gasteiger partial charge in [-0.2, -0.15) is 4.68 Å². The number of nitrogens with zero attached hydrogens (tertiary/aromatic N) is 5. The van der Waals surface area contributed by atoms with E-state index in [2.05, 4.69) is 25.6 Å². The van der Waals surface area contributed by atoms with Crippen LogP contribution in [0.4, 0.5) is 10.2 Å². The van der Waals surface area contributed by atoms with Crippen molar-refractivity contribution in [2.75, 3.05) is 11.9 Å². The van der Waals surface area contributed by atoms with Crippen LogP contribution in [0.2, 0.25) is 0 Å². The van der Waals surface area contributed by atoms with Crippen LogP contribution in [-0.4, -0.2) is 60.2 Å². The fourth-order valence-corrected chi connectivity index (χ4v) is 2.38. The maximum absolute atomic E-state index is 13.0. The van der Waals surface area contributed by atoms with E-state index in [0.717, 1.165) is 0 Å². The lowest BCUT2D eigenvalue weighted by atomic mass is 10.2. The minimum atomic E-state index is -2.36. The van der Waals surface area contributed by atoms with Gasteiger partial charge in [0.2, 0.25) is 6.36 Å². The van der Waals surface area contributed by atoms with Crippen LogP contribution in [-0.2, 0) is 4.74 Å². The zero-order valence-electron chi connectivity index (χ0n) is 14.2. The number of hydrogen-bond acceptors (Lipinski definition) is 8. The molecule has 10 nitrogen and oxygen atoms in total. The lowest BCUT2D eigenvalue weighted by Crippen LogP contribution is -2.31. The minimum absolute atomic E-state index is 0.150. The molecule has 0 aliphatic rings. The molecular weight excluding hydrogens is 359 g/mol. The second-order valence-electron chi connectivity index (χ2n) is 5.58. The summed E-state index contributed by atoms with van der Waals surface area (Å²) in [5, 5.41) is 28.5. The van der Waals surface area contributed by atoms with Crippen molar-refractivity contribution in [2.45, 2.75) is 25.6 Å². The fourth-order valence-electron chi connectivity index (χ4n) is 2.38. The topological polar surface area (TPSA) is 135 Å². The number of carbonyl (C=O) groups is 1. The number of rotatable bonds is 7. The van der Waals surface area contributed by atoms with Crippen molar-refractivity contribution < 1.29 is 24.1 Å². The number of anilines is 1. The van der Waals surface area contributed by atoms with Crippen molar-refractivity contribution >= 4 is 22.9 Å². The van der Waals surface area contributed by atoms with Crippen molar-refractivity contribution in [2.24, 2.45) is 0 Å². The Labute approximate surface area is 152 Å².